The van der Waals surface area contributed by atoms with Crippen molar-refractivity contribution in [2.75, 3.05) is 0 Å². The minimum absolute atomic E-state index is 0.151. The number of carbonyl (C=O) groups is 2. The lowest BCUT2D eigenvalue weighted by atomic mass is 9.98. The highest BCUT2D eigenvalue weighted by Gasteiger charge is 2.49. The number of hydrogen-bond acceptors (Lipinski definition) is 3. The van der Waals surface area contributed by atoms with Gasteiger partial charge in [0.1, 0.15) is 0 Å². The average molecular weight is 297 g/mol. The van der Waals surface area contributed by atoms with Gasteiger partial charge in [-0.25, -0.2) is 0 Å². The largest absolute Gasteiger partial charge is 0.481 e. The lowest BCUT2D eigenvalue weighted by molar-refractivity contribution is -0.153. The molecule has 1 unspecified atom stereocenters. The highest BCUT2D eigenvalue weighted by atomic mass is 16.4. The van der Waals surface area contributed by atoms with Crippen molar-refractivity contribution >= 4 is 11.9 Å². The normalized spacial score (nSPS) is 20.0. The van der Waals surface area contributed by atoms with Crippen LogP contribution in [0, 0.1) is 0 Å². The summed E-state index contributed by atoms with van der Waals surface area (Å²) in [6, 6.07) is 15.8. The van der Waals surface area contributed by atoms with E-state index in [0.717, 1.165) is 5.56 Å². The summed E-state index contributed by atoms with van der Waals surface area (Å²) in [5.74, 6) is -1.52. The van der Waals surface area contributed by atoms with E-state index in [2.05, 4.69) is 0 Å². The molecule has 3 rings (SSSR count). The van der Waals surface area contributed by atoms with Crippen molar-refractivity contribution in [2.24, 2.45) is 0 Å². The van der Waals surface area contributed by atoms with Gasteiger partial charge < -0.3 is 15.1 Å². The number of benzene rings is 2. The number of hydrogen-bond donors (Lipinski definition) is 2. The standard InChI is InChI=1S/C17H15NO4/c19-15(20)10-17(22)14-9-5-4-8-13(14)16(21)18(17)11-12-6-2-1-3-7-12/h1-9,22H,10-11H2,(H,19,20). The first-order valence-electron chi connectivity index (χ1n) is 6.92. The molecule has 0 radical (unpaired) electrons. The second kappa shape index (κ2) is 5.27. The number of aliphatic hydroxyl groups is 1. The van der Waals surface area contributed by atoms with Crippen LogP contribution in [0.15, 0.2) is 54.6 Å². The first-order valence-corrected chi connectivity index (χ1v) is 6.92. The van der Waals surface area contributed by atoms with E-state index >= 15 is 0 Å². The van der Waals surface area contributed by atoms with Crippen LogP contribution in [-0.4, -0.2) is 27.0 Å². The molecule has 0 aliphatic carbocycles. The maximum Gasteiger partial charge on any atom is 0.308 e. The predicted octanol–water partition coefficient (Wildman–Crippen LogP) is 1.96. The highest BCUT2D eigenvalue weighted by Crippen LogP contribution is 2.40. The zero-order chi connectivity index (χ0) is 15.7. The Labute approximate surface area is 127 Å². The van der Waals surface area contributed by atoms with Crippen molar-refractivity contribution in [3.05, 3.63) is 71.3 Å². The molecular formula is C17H15NO4. The monoisotopic (exact) mass is 297 g/mol. The van der Waals surface area contributed by atoms with Crippen molar-refractivity contribution < 1.29 is 19.8 Å². The molecule has 2 aromatic rings. The van der Waals surface area contributed by atoms with Gasteiger partial charge in [-0.15, -0.1) is 0 Å². The Morgan fingerprint density at radius 1 is 1.05 bits per heavy atom. The fourth-order valence-corrected chi connectivity index (χ4v) is 2.85. The van der Waals surface area contributed by atoms with E-state index in [1.54, 1.807) is 24.3 Å². The van der Waals surface area contributed by atoms with Crippen molar-refractivity contribution in [1.82, 2.24) is 4.90 Å². The van der Waals surface area contributed by atoms with Crippen LogP contribution in [-0.2, 0) is 17.1 Å². The molecule has 1 atom stereocenters. The van der Waals surface area contributed by atoms with Gasteiger partial charge in [-0.2, -0.15) is 0 Å². The Kier molecular flexibility index (Phi) is 3.42. The van der Waals surface area contributed by atoms with Crippen molar-refractivity contribution in [3.8, 4) is 0 Å². The van der Waals surface area contributed by atoms with E-state index < -0.39 is 18.1 Å². The van der Waals surface area contributed by atoms with Crippen LogP contribution in [0.2, 0.25) is 0 Å². The number of carboxylic acids is 1. The third-order valence-electron chi connectivity index (χ3n) is 3.86. The van der Waals surface area contributed by atoms with Gasteiger partial charge in [0.25, 0.3) is 5.91 Å². The zero-order valence-electron chi connectivity index (χ0n) is 11.8. The molecule has 22 heavy (non-hydrogen) atoms. The van der Waals surface area contributed by atoms with Gasteiger partial charge in [0.05, 0.1) is 6.42 Å². The average Bonchev–Trinajstić information content (AvgIpc) is 2.70. The molecule has 0 spiro atoms. The molecule has 0 saturated heterocycles. The van der Waals surface area contributed by atoms with Crippen LogP contribution >= 0.6 is 0 Å². The van der Waals surface area contributed by atoms with Gasteiger partial charge in [-0.3, -0.25) is 9.59 Å². The first kappa shape index (κ1) is 14.3. The summed E-state index contributed by atoms with van der Waals surface area (Å²) >= 11 is 0. The molecule has 0 fully saturated rings. The van der Waals surface area contributed by atoms with E-state index in [1.807, 2.05) is 30.3 Å². The van der Waals surface area contributed by atoms with E-state index in [4.69, 9.17) is 5.11 Å². The molecule has 0 saturated carbocycles. The lowest BCUT2D eigenvalue weighted by Crippen LogP contribution is -2.44. The van der Waals surface area contributed by atoms with Crippen molar-refractivity contribution in [2.45, 2.75) is 18.7 Å². The number of amides is 1. The van der Waals surface area contributed by atoms with E-state index in [1.165, 1.54) is 4.90 Å². The van der Waals surface area contributed by atoms with E-state index in [9.17, 15) is 14.7 Å². The summed E-state index contributed by atoms with van der Waals surface area (Å²) in [5, 5.41) is 20.1. The first-order chi connectivity index (χ1) is 10.5. The van der Waals surface area contributed by atoms with Gasteiger partial charge in [-0.05, 0) is 11.6 Å². The molecule has 1 aliphatic heterocycles. The molecule has 1 aliphatic rings. The Bertz CT molecular complexity index is 728. The Balaban J connectivity index is 2.04. The van der Waals surface area contributed by atoms with Crippen LogP contribution in [0.25, 0.3) is 0 Å². The van der Waals surface area contributed by atoms with E-state index in [0.29, 0.717) is 11.1 Å². The van der Waals surface area contributed by atoms with Crippen LogP contribution < -0.4 is 0 Å². The number of carbonyl (C=O) groups excluding carboxylic acids is 1. The minimum atomic E-state index is -1.82. The molecular weight excluding hydrogens is 282 g/mol. The van der Waals surface area contributed by atoms with Crippen molar-refractivity contribution in [3.63, 3.8) is 0 Å². The topological polar surface area (TPSA) is 77.8 Å². The van der Waals surface area contributed by atoms with Crippen molar-refractivity contribution in [1.29, 1.82) is 0 Å². The smallest absolute Gasteiger partial charge is 0.308 e. The summed E-state index contributed by atoms with van der Waals surface area (Å²) in [4.78, 5) is 25.0. The molecule has 5 nitrogen and oxygen atoms in total. The molecule has 5 heteroatoms. The fraction of sp³-hybridized carbons (Fsp3) is 0.176. The minimum Gasteiger partial charge on any atom is -0.481 e. The predicted molar refractivity (Wildman–Crippen MR) is 78.9 cm³/mol. The molecule has 0 bridgehead atoms. The van der Waals surface area contributed by atoms with Crippen LogP contribution in [0.4, 0.5) is 0 Å². The Morgan fingerprint density at radius 3 is 2.36 bits per heavy atom. The number of fused-ring (bicyclic) bond motifs is 1. The highest BCUT2D eigenvalue weighted by molar-refractivity contribution is 6.00. The zero-order valence-corrected chi connectivity index (χ0v) is 11.8. The number of aliphatic carboxylic acids is 1. The fourth-order valence-electron chi connectivity index (χ4n) is 2.85. The number of rotatable bonds is 4. The summed E-state index contributed by atoms with van der Waals surface area (Å²) in [6.07, 6.45) is -0.553. The quantitative estimate of drug-likeness (QED) is 0.904. The Hall–Kier alpha value is -2.66. The summed E-state index contributed by atoms with van der Waals surface area (Å²) in [7, 11) is 0. The van der Waals surface area contributed by atoms with Gasteiger partial charge in [0, 0.05) is 17.7 Å². The Morgan fingerprint density at radius 2 is 1.68 bits per heavy atom. The summed E-state index contributed by atoms with van der Waals surface area (Å²) in [6.45, 7) is 0.151. The van der Waals surface area contributed by atoms with Gasteiger partial charge in [0.2, 0.25) is 0 Å². The third kappa shape index (κ3) is 2.25. The summed E-state index contributed by atoms with van der Waals surface area (Å²) in [5.41, 5.74) is -0.303. The van der Waals surface area contributed by atoms with Gasteiger partial charge >= 0.3 is 5.97 Å². The number of nitrogens with zero attached hydrogens (tertiary/aromatic N) is 1. The molecule has 2 aromatic carbocycles. The molecule has 0 aromatic heterocycles. The second-order valence-electron chi connectivity index (χ2n) is 5.31. The second-order valence-corrected chi connectivity index (χ2v) is 5.31. The van der Waals surface area contributed by atoms with Crippen LogP contribution in [0.5, 0.6) is 0 Å². The maximum absolute atomic E-state index is 12.6. The molecule has 2 N–H and O–H groups in total. The number of carboxylic acid groups (broad SMARTS) is 1. The van der Waals surface area contributed by atoms with E-state index in [-0.39, 0.29) is 12.5 Å². The van der Waals surface area contributed by atoms with Gasteiger partial charge in [0.15, 0.2) is 5.72 Å². The maximum atomic E-state index is 12.6. The van der Waals surface area contributed by atoms with Crippen LogP contribution in [0.1, 0.15) is 27.9 Å². The van der Waals surface area contributed by atoms with Crippen LogP contribution in [0.3, 0.4) is 0 Å². The molecule has 1 heterocycles. The molecule has 112 valence electrons. The van der Waals surface area contributed by atoms with Gasteiger partial charge in [-0.1, -0.05) is 48.5 Å². The summed E-state index contributed by atoms with van der Waals surface area (Å²) < 4.78 is 0. The third-order valence-corrected chi connectivity index (χ3v) is 3.86. The molecule has 1 amide bonds. The lowest BCUT2D eigenvalue weighted by Gasteiger charge is -2.33. The SMILES string of the molecule is O=C(O)CC1(O)c2ccccc2C(=O)N1Cc1ccccc1.